The lowest BCUT2D eigenvalue weighted by molar-refractivity contribution is 0.0581. The fraction of sp³-hybridized carbons (Fsp3) is 0.714. The second kappa shape index (κ2) is 5.29. The molecule has 1 fully saturated rings. The van der Waals surface area contributed by atoms with E-state index < -0.39 is 0 Å². The summed E-state index contributed by atoms with van der Waals surface area (Å²) in [4.78, 5) is 1.20. The third-order valence-corrected chi connectivity index (χ3v) is 5.22. The molecule has 1 aromatic rings. The lowest BCUT2D eigenvalue weighted by Gasteiger charge is -2.36. The van der Waals surface area contributed by atoms with E-state index in [1.807, 2.05) is 12.1 Å². The lowest BCUT2D eigenvalue weighted by atomic mass is 9.71. The molecule has 3 heteroatoms. The van der Waals surface area contributed by atoms with E-state index in [-0.39, 0.29) is 6.10 Å². The molecule has 0 radical (unpaired) electrons. The van der Waals surface area contributed by atoms with Gasteiger partial charge in [0.05, 0.1) is 10.4 Å². The standard InChI is InChI=1S/C14H21ClOS/c1-14(2)7-5-10(6-8-14)12(16)9-11-3-4-13(15)17-11/h3-4,10,12,16H,5-9H2,1-2H3. The first kappa shape index (κ1) is 13.4. The Morgan fingerprint density at radius 3 is 2.59 bits per heavy atom. The van der Waals surface area contributed by atoms with Gasteiger partial charge in [0.2, 0.25) is 0 Å². The van der Waals surface area contributed by atoms with E-state index in [1.165, 1.54) is 17.7 Å². The summed E-state index contributed by atoms with van der Waals surface area (Å²) in [6.07, 6.45) is 5.36. The summed E-state index contributed by atoms with van der Waals surface area (Å²) in [5, 5.41) is 10.3. The van der Waals surface area contributed by atoms with Crippen molar-refractivity contribution in [3.05, 3.63) is 21.3 Å². The molecular weight excluding hydrogens is 252 g/mol. The third-order valence-electron chi connectivity index (χ3n) is 3.97. The van der Waals surface area contributed by atoms with Crippen LogP contribution in [0.25, 0.3) is 0 Å². The SMILES string of the molecule is CC1(C)CCC(C(O)Cc2ccc(Cl)s2)CC1. The molecule has 0 amide bonds. The van der Waals surface area contributed by atoms with Gasteiger partial charge in [0.1, 0.15) is 0 Å². The topological polar surface area (TPSA) is 20.2 Å². The molecule has 1 unspecified atom stereocenters. The van der Waals surface area contributed by atoms with E-state index in [0.717, 1.165) is 23.6 Å². The molecule has 0 spiro atoms. The molecule has 0 aromatic carbocycles. The highest BCUT2D eigenvalue weighted by Crippen LogP contribution is 2.40. The van der Waals surface area contributed by atoms with Crippen LogP contribution in [0.4, 0.5) is 0 Å². The Kier molecular flexibility index (Phi) is 4.17. The summed E-state index contributed by atoms with van der Waals surface area (Å²) >= 11 is 7.49. The van der Waals surface area contributed by atoms with Crippen molar-refractivity contribution < 1.29 is 5.11 Å². The molecule has 1 aliphatic rings. The van der Waals surface area contributed by atoms with E-state index in [1.54, 1.807) is 11.3 Å². The van der Waals surface area contributed by atoms with Gasteiger partial charge in [-0.25, -0.2) is 0 Å². The summed E-state index contributed by atoms with van der Waals surface area (Å²) in [7, 11) is 0. The summed E-state index contributed by atoms with van der Waals surface area (Å²) in [6, 6.07) is 3.95. The van der Waals surface area contributed by atoms with Crippen LogP contribution in [0, 0.1) is 11.3 Å². The Morgan fingerprint density at radius 1 is 1.41 bits per heavy atom. The van der Waals surface area contributed by atoms with Gasteiger partial charge in [-0.1, -0.05) is 25.4 Å². The van der Waals surface area contributed by atoms with Crippen molar-refractivity contribution in [1.82, 2.24) is 0 Å². The number of aliphatic hydroxyl groups excluding tert-OH is 1. The van der Waals surface area contributed by atoms with Gasteiger partial charge in [0, 0.05) is 11.3 Å². The number of rotatable bonds is 3. The van der Waals surface area contributed by atoms with Crippen molar-refractivity contribution in [2.45, 2.75) is 52.1 Å². The van der Waals surface area contributed by atoms with Crippen LogP contribution in [-0.2, 0) is 6.42 Å². The Bertz CT molecular complexity index is 362. The Labute approximate surface area is 113 Å². The summed E-state index contributed by atoms with van der Waals surface area (Å²) in [5.74, 6) is 0.476. The first-order chi connectivity index (χ1) is 7.96. The van der Waals surface area contributed by atoms with Gasteiger partial charge in [-0.05, 0) is 49.1 Å². The molecule has 1 aromatic heterocycles. The van der Waals surface area contributed by atoms with Crippen LogP contribution in [0.15, 0.2) is 12.1 Å². The van der Waals surface area contributed by atoms with E-state index in [2.05, 4.69) is 13.8 Å². The minimum absolute atomic E-state index is 0.194. The van der Waals surface area contributed by atoms with Crippen molar-refractivity contribution in [2.24, 2.45) is 11.3 Å². The van der Waals surface area contributed by atoms with Gasteiger partial charge in [-0.2, -0.15) is 0 Å². The first-order valence-corrected chi connectivity index (χ1v) is 7.58. The summed E-state index contributed by atoms with van der Waals surface area (Å²) < 4.78 is 0.817. The van der Waals surface area contributed by atoms with Crippen molar-refractivity contribution in [3.63, 3.8) is 0 Å². The van der Waals surface area contributed by atoms with Crippen LogP contribution >= 0.6 is 22.9 Å². The highest BCUT2D eigenvalue weighted by Gasteiger charge is 2.30. The number of aliphatic hydroxyl groups is 1. The van der Waals surface area contributed by atoms with Crippen LogP contribution in [0.3, 0.4) is 0 Å². The highest BCUT2D eigenvalue weighted by molar-refractivity contribution is 7.16. The van der Waals surface area contributed by atoms with Crippen LogP contribution in [0.2, 0.25) is 4.34 Å². The maximum absolute atomic E-state index is 10.3. The predicted octanol–water partition coefficient (Wildman–Crippen LogP) is 4.52. The Morgan fingerprint density at radius 2 is 2.06 bits per heavy atom. The predicted molar refractivity (Wildman–Crippen MR) is 74.8 cm³/mol. The number of hydrogen-bond donors (Lipinski definition) is 1. The van der Waals surface area contributed by atoms with E-state index >= 15 is 0 Å². The third kappa shape index (κ3) is 3.70. The Hall–Kier alpha value is -0.0500. The van der Waals surface area contributed by atoms with Gasteiger partial charge in [0.15, 0.2) is 0 Å². The molecule has 1 N–H and O–H groups in total. The minimum atomic E-state index is -0.194. The van der Waals surface area contributed by atoms with E-state index in [9.17, 15) is 5.11 Å². The monoisotopic (exact) mass is 272 g/mol. The van der Waals surface area contributed by atoms with Crippen molar-refractivity contribution in [2.75, 3.05) is 0 Å². The fourth-order valence-electron chi connectivity index (χ4n) is 2.64. The molecule has 0 bridgehead atoms. The van der Waals surface area contributed by atoms with Gasteiger partial charge in [-0.3, -0.25) is 0 Å². The molecular formula is C14H21ClOS. The zero-order valence-corrected chi connectivity index (χ0v) is 12.2. The van der Waals surface area contributed by atoms with Gasteiger partial charge < -0.3 is 5.11 Å². The smallest absolute Gasteiger partial charge is 0.0931 e. The molecule has 1 atom stereocenters. The van der Waals surface area contributed by atoms with Gasteiger partial charge in [0.25, 0.3) is 0 Å². The number of halogens is 1. The zero-order chi connectivity index (χ0) is 12.5. The largest absolute Gasteiger partial charge is 0.392 e. The maximum atomic E-state index is 10.3. The van der Waals surface area contributed by atoms with Crippen LogP contribution in [-0.4, -0.2) is 11.2 Å². The van der Waals surface area contributed by atoms with Crippen molar-refractivity contribution >= 4 is 22.9 Å². The minimum Gasteiger partial charge on any atom is -0.392 e. The second-order valence-electron chi connectivity index (χ2n) is 5.98. The fourth-order valence-corrected chi connectivity index (χ4v) is 3.78. The van der Waals surface area contributed by atoms with E-state index in [0.29, 0.717) is 11.3 Å². The van der Waals surface area contributed by atoms with Crippen LogP contribution in [0.1, 0.15) is 44.4 Å². The lowest BCUT2D eigenvalue weighted by Crippen LogP contribution is -2.30. The van der Waals surface area contributed by atoms with E-state index in [4.69, 9.17) is 11.6 Å². The number of thiophene rings is 1. The average Bonchev–Trinajstić information content (AvgIpc) is 2.63. The molecule has 1 aliphatic carbocycles. The molecule has 1 saturated carbocycles. The molecule has 1 nitrogen and oxygen atoms in total. The molecule has 1 heterocycles. The normalized spacial score (nSPS) is 22.6. The summed E-state index contributed by atoms with van der Waals surface area (Å²) in [5.41, 5.74) is 0.475. The van der Waals surface area contributed by atoms with Crippen molar-refractivity contribution in [1.29, 1.82) is 0 Å². The van der Waals surface area contributed by atoms with Crippen LogP contribution in [0.5, 0.6) is 0 Å². The van der Waals surface area contributed by atoms with Gasteiger partial charge in [-0.15, -0.1) is 11.3 Å². The number of hydrogen-bond acceptors (Lipinski definition) is 2. The highest BCUT2D eigenvalue weighted by atomic mass is 35.5. The van der Waals surface area contributed by atoms with Crippen LogP contribution < -0.4 is 0 Å². The molecule has 0 saturated heterocycles. The second-order valence-corrected chi connectivity index (χ2v) is 7.78. The molecule has 96 valence electrons. The molecule has 0 aliphatic heterocycles. The summed E-state index contributed by atoms with van der Waals surface area (Å²) in [6.45, 7) is 4.66. The zero-order valence-electron chi connectivity index (χ0n) is 10.6. The first-order valence-electron chi connectivity index (χ1n) is 6.38. The quantitative estimate of drug-likeness (QED) is 0.858. The Balaban J connectivity index is 1.87. The van der Waals surface area contributed by atoms with Gasteiger partial charge >= 0.3 is 0 Å². The van der Waals surface area contributed by atoms with Crippen molar-refractivity contribution in [3.8, 4) is 0 Å². The molecule has 17 heavy (non-hydrogen) atoms. The molecule has 2 rings (SSSR count). The maximum Gasteiger partial charge on any atom is 0.0931 e. The average molecular weight is 273 g/mol.